The van der Waals surface area contributed by atoms with Crippen molar-refractivity contribution >= 4 is 19.8 Å². The van der Waals surface area contributed by atoms with Crippen LogP contribution in [-0.2, 0) is 32.7 Å². The summed E-state index contributed by atoms with van der Waals surface area (Å²) >= 11 is 0. The standard InChI is InChI=1S/C76H128NO8P/c1-6-8-10-12-14-16-18-20-22-24-26-28-29-30-31-32-33-34-35-36-37-38-39-40-41-42-43-44-45-46-47-49-51-53-55-57-59-61-63-65-67-69-76(79)85-74(73-84-86(80,81)83-71-70-77(3,4)5)72-82-75(78)68-66-64-62-60-58-56-54-52-50-48-27-25-23-21-19-17-15-13-11-9-7-2/h8,10,14,16,20,22,26,28,30-31,33-34,36-37,39-40,42-43,45-46,49,51,55,57,74H,6-7,9,11-13,15,17-19,21,23-25,27,29,32,35,38,41,44,47-48,50,52-54,56,58-73H2,1-5H3/b10-8-,16-14-,22-20-,28-26-,31-30-,34-33-,37-36-,40-39-,43-42-,46-45-,51-49-,57-55-. The quantitative estimate of drug-likeness (QED) is 0.0195. The maximum Gasteiger partial charge on any atom is 0.306 e. The predicted octanol–water partition coefficient (Wildman–Crippen LogP) is 22.0. The predicted molar refractivity (Wildman–Crippen MR) is 369 cm³/mol. The van der Waals surface area contributed by atoms with Gasteiger partial charge < -0.3 is 27.9 Å². The first-order chi connectivity index (χ1) is 42.0. The third-order valence-electron chi connectivity index (χ3n) is 14.4. The van der Waals surface area contributed by atoms with Crippen molar-refractivity contribution in [2.75, 3.05) is 47.5 Å². The monoisotopic (exact) mass is 1210 g/mol. The number of nitrogens with zero attached hydrogens (tertiary/aromatic N) is 1. The molecule has 0 saturated carbocycles. The van der Waals surface area contributed by atoms with E-state index in [9.17, 15) is 19.0 Å². The van der Waals surface area contributed by atoms with Crippen molar-refractivity contribution in [2.24, 2.45) is 0 Å². The van der Waals surface area contributed by atoms with E-state index in [4.69, 9.17) is 18.5 Å². The number of phosphoric acid groups is 1. The van der Waals surface area contributed by atoms with Crippen molar-refractivity contribution in [3.8, 4) is 0 Å². The number of carbonyl (C=O) groups excluding carboxylic acids is 2. The zero-order valence-electron chi connectivity index (χ0n) is 55.7. The lowest BCUT2D eigenvalue weighted by molar-refractivity contribution is -0.870. The van der Waals surface area contributed by atoms with Crippen molar-refractivity contribution in [2.45, 2.75) is 277 Å². The van der Waals surface area contributed by atoms with Crippen LogP contribution in [0.5, 0.6) is 0 Å². The Labute approximate surface area is 529 Å². The van der Waals surface area contributed by atoms with Crippen LogP contribution >= 0.6 is 7.82 Å². The SMILES string of the molecule is CC/C=C\C/C=C\C/C=C\C/C=C\C/C=C\C/C=C\C/C=C\C/C=C\C/C=C\C/C=C\C/C=C\C/C=C\CCCCCCC(=O)OC(COC(=O)CCCCCCCCCCCCCCCCCCCCCCC)COP(=O)([O-])OCC[N+](C)(C)C. The molecular formula is C76H128NO8P. The molecule has 0 saturated heterocycles. The Morgan fingerprint density at radius 3 is 0.988 bits per heavy atom. The summed E-state index contributed by atoms with van der Waals surface area (Å²) in [5, 5.41) is 0. The number of phosphoric ester groups is 1. The highest BCUT2D eigenvalue weighted by molar-refractivity contribution is 7.45. The largest absolute Gasteiger partial charge is 0.756 e. The van der Waals surface area contributed by atoms with Gasteiger partial charge in [-0.2, -0.15) is 0 Å². The maximum absolute atomic E-state index is 12.8. The van der Waals surface area contributed by atoms with E-state index in [-0.39, 0.29) is 26.1 Å². The summed E-state index contributed by atoms with van der Waals surface area (Å²) in [4.78, 5) is 38.0. The van der Waals surface area contributed by atoms with Crippen LogP contribution in [0.15, 0.2) is 146 Å². The lowest BCUT2D eigenvalue weighted by Gasteiger charge is -2.28. The topological polar surface area (TPSA) is 111 Å². The highest BCUT2D eigenvalue weighted by atomic mass is 31.2. The minimum absolute atomic E-state index is 0.0419. The molecule has 0 fully saturated rings. The Morgan fingerprint density at radius 1 is 0.372 bits per heavy atom. The van der Waals surface area contributed by atoms with Gasteiger partial charge in [0.25, 0.3) is 7.82 Å². The molecule has 0 spiro atoms. The van der Waals surface area contributed by atoms with Crippen molar-refractivity contribution in [3.05, 3.63) is 146 Å². The molecule has 0 aromatic heterocycles. The van der Waals surface area contributed by atoms with Gasteiger partial charge in [0, 0.05) is 12.8 Å². The molecule has 9 nitrogen and oxygen atoms in total. The van der Waals surface area contributed by atoms with Crippen LogP contribution in [0.25, 0.3) is 0 Å². The van der Waals surface area contributed by atoms with Gasteiger partial charge in [0.1, 0.15) is 19.8 Å². The van der Waals surface area contributed by atoms with E-state index in [1.165, 1.54) is 116 Å². The highest BCUT2D eigenvalue weighted by Crippen LogP contribution is 2.38. The third-order valence-corrected chi connectivity index (χ3v) is 15.3. The van der Waals surface area contributed by atoms with Crippen molar-refractivity contribution < 1.29 is 42.1 Å². The fourth-order valence-electron chi connectivity index (χ4n) is 9.11. The van der Waals surface area contributed by atoms with E-state index in [0.717, 1.165) is 122 Å². The van der Waals surface area contributed by atoms with Crippen LogP contribution < -0.4 is 4.89 Å². The number of hydrogen-bond donors (Lipinski definition) is 0. The molecule has 0 heterocycles. The second-order valence-corrected chi connectivity index (χ2v) is 25.2. The van der Waals surface area contributed by atoms with E-state index in [0.29, 0.717) is 17.4 Å². The molecule has 0 amide bonds. The number of likely N-dealkylation sites (N-methyl/N-ethyl adjacent to an activating group) is 1. The molecule has 0 aromatic carbocycles. The van der Waals surface area contributed by atoms with E-state index in [1.54, 1.807) is 0 Å². The lowest BCUT2D eigenvalue weighted by atomic mass is 10.0. The van der Waals surface area contributed by atoms with Crippen LogP contribution in [-0.4, -0.2) is 70.0 Å². The summed E-state index contributed by atoms with van der Waals surface area (Å²) in [5.41, 5.74) is 0. The molecule has 86 heavy (non-hydrogen) atoms. The van der Waals surface area contributed by atoms with Crippen molar-refractivity contribution in [1.29, 1.82) is 0 Å². The molecule has 0 aromatic rings. The van der Waals surface area contributed by atoms with Crippen LogP contribution in [0.3, 0.4) is 0 Å². The molecule has 0 bridgehead atoms. The smallest absolute Gasteiger partial charge is 0.306 e. The van der Waals surface area contributed by atoms with Crippen LogP contribution in [0.2, 0.25) is 0 Å². The molecular weight excluding hydrogens is 1090 g/mol. The summed E-state index contributed by atoms with van der Waals surface area (Å²) in [7, 11) is 1.14. The number of carbonyl (C=O) groups is 2. The van der Waals surface area contributed by atoms with Gasteiger partial charge in [-0.05, 0) is 103 Å². The molecule has 0 aliphatic heterocycles. The zero-order chi connectivity index (χ0) is 62.6. The van der Waals surface area contributed by atoms with Gasteiger partial charge in [-0.1, -0.05) is 301 Å². The molecule has 0 aliphatic carbocycles. The molecule has 490 valence electrons. The number of quaternary nitrogens is 1. The Kier molecular flexibility index (Phi) is 62.2. The molecule has 0 rings (SSSR count). The van der Waals surface area contributed by atoms with Crippen LogP contribution in [0.1, 0.15) is 271 Å². The molecule has 10 heteroatoms. The molecule has 2 unspecified atom stereocenters. The number of allylic oxidation sites excluding steroid dienone is 24. The van der Waals surface area contributed by atoms with E-state index in [2.05, 4.69) is 160 Å². The first-order valence-electron chi connectivity index (χ1n) is 34.5. The fraction of sp³-hybridized carbons (Fsp3) is 0.658. The molecule has 0 N–H and O–H groups in total. The summed E-state index contributed by atoms with van der Waals surface area (Å²) < 4.78 is 34.2. The first-order valence-corrected chi connectivity index (χ1v) is 36.0. The molecule has 2 atom stereocenters. The zero-order valence-corrected chi connectivity index (χ0v) is 56.6. The Morgan fingerprint density at radius 2 is 0.663 bits per heavy atom. The number of rotatable bonds is 62. The minimum Gasteiger partial charge on any atom is -0.756 e. The Bertz CT molecular complexity index is 1960. The lowest BCUT2D eigenvalue weighted by Crippen LogP contribution is -2.37. The van der Waals surface area contributed by atoms with Gasteiger partial charge in [-0.15, -0.1) is 0 Å². The number of unbranched alkanes of at least 4 members (excludes halogenated alkanes) is 24. The molecule has 0 radical (unpaired) electrons. The van der Waals surface area contributed by atoms with Gasteiger partial charge >= 0.3 is 11.9 Å². The van der Waals surface area contributed by atoms with Gasteiger partial charge in [0.2, 0.25) is 0 Å². The van der Waals surface area contributed by atoms with E-state index in [1.807, 2.05) is 21.1 Å². The summed E-state index contributed by atoms with van der Waals surface area (Å²) in [6.45, 7) is 4.11. The van der Waals surface area contributed by atoms with Gasteiger partial charge in [-0.25, -0.2) is 0 Å². The van der Waals surface area contributed by atoms with Gasteiger partial charge in [0.15, 0.2) is 6.10 Å². The molecule has 0 aliphatic rings. The number of hydrogen-bond acceptors (Lipinski definition) is 8. The minimum atomic E-state index is -4.66. The Balaban J connectivity index is 4.17. The normalized spacial score (nSPS) is 14.1. The maximum atomic E-state index is 12.8. The van der Waals surface area contributed by atoms with E-state index < -0.39 is 32.5 Å². The summed E-state index contributed by atoms with van der Waals surface area (Å²) in [6, 6.07) is 0. The number of ether oxygens (including phenoxy) is 2. The summed E-state index contributed by atoms with van der Waals surface area (Å²) in [6.07, 6.45) is 96.4. The summed E-state index contributed by atoms with van der Waals surface area (Å²) in [5.74, 6) is -0.863. The van der Waals surface area contributed by atoms with Gasteiger partial charge in [-0.3, -0.25) is 14.2 Å². The second-order valence-electron chi connectivity index (χ2n) is 23.8. The average Bonchev–Trinajstić information content (AvgIpc) is 3.70. The third kappa shape index (κ3) is 69.0. The van der Waals surface area contributed by atoms with Crippen LogP contribution in [0, 0.1) is 0 Å². The fourth-order valence-corrected chi connectivity index (χ4v) is 9.84. The van der Waals surface area contributed by atoms with Crippen LogP contribution in [0.4, 0.5) is 0 Å². The second kappa shape index (κ2) is 65.3. The van der Waals surface area contributed by atoms with Crippen molar-refractivity contribution in [1.82, 2.24) is 0 Å². The highest BCUT2D eigenvalue weighted by Gasteiger charge is 2.22. The van der Waals surface area contributed by atoms with Crippen molar-refractivity contribution in [3.63, 3.8) is 0 Å². The first kappa shape index (κ1) is 81.9. The number of esters is 2. The average molecular weight is 1210 g/mol. The van der Waals surface area contributed by atoms with E-state index >= 15 is 0 Å². The van der Waals surface area contributed by atoms with Gasteiger partial charge in [0.05, 0.1) is 27.7 Å². The Hall–Kier alpha value is -4.11.